The van der Waals surface area contributed by atoms with E-state index in [2.05, 4.69) is 163 Å². The van der Waals surface area contributed by atoms with Crippen molar-refractivity contribution in [1.82, 2.24) is 0 Å². The van der Waals surface area contributed by atoms with Crippen molar-refractivity contribution in [1.29, 1.82) is 0 Å². The Bertz CT molecular complexity index is 1320. The first-order valence-corrected chi connectivity index (χ1v) is 21.0. The van der Waals surface area contributed by atoms with E-state index in [1.165, 1.54) is 42.5 Å². The Morgan fingerprint density at radius 1 is 0.413 bits per heavy atom. The van der Waals surface area contributed by atoms with E-state index in [0.717, 1.165) is 29.8 Å². The Balaban J connectivity index is 1.26. The van der Waals surface area contributed by atoms with Gasteiger partial charge in [-0.25, -0.2) is 0 Å². The zero-order chi connectivity index (χ0) is 32.9. The van der Waals surface area contributed by atoms with Gasteiger partial charge in [-0.2, -0.15) is 0 Å². The highest BCUT2D eigenvalue weighted by Crippen LogP contribution is 2.37. The van der Waals surface area contributed by atoms with E-state index < -0.39 is 16.9 Å². The zero-order valence-corrected chi connectivity index (χ0v) is 31.1. The molecule has 0 aliphatic rings. The Hall–Kier alpha value is -2.81. The molecule has 0 fully saturated rings. The van der Waals surface area contributed by atoms with Crippen LogP contribution in [-0.2, 0) is 13.3 Å². The molecule has 0 bridgehead atoms. The van der Waals surface area contributed by atoms with Gasteiger partial charge in [-0.3, -0.25) is 0 Å². The SMILES string of the molecule is CC(C)(C)O[Si](OCCCCCCCCCO[Si](c1ccccc1)(c1ccccc1)C(C)(C)C)(c1ccccc1)c1ccccc1. The lowest BCUT2D eigenvalue weighted by Gasteiger charge is -2.43. The Labute approximate surface area is 281 Å². The minimum atomic E-state index is -2.86. The van der Waals surface area contributed by atoms with Crippen LogP contribution in [0.1, 0.15) is 86.5 Å². The summed E-state index contributed by atoms with van der Waals surface area (Å²) in [5.74, 6) is 0. The monoisotopic (exact) mass is 652 g/mol. The minimum absolute atomic E-state index is 0.0250. The van der Waals surface area contributed by atoms with Crippen molar-refractivity contribution in [2.75, 3.05) is 13.2 Å². The van der Waals surface area contributed by atoms with Crippen molar-refractivity contribution in [3.8, 4) is 0 Å². The van der Waals surface area contributed by atoms with Crippen LogP contribution in [0.4, 0.5) is 0 Å². The molecular formula is C41H56O3Si2. The maximum Gasteiger partial charge on any atom is 0.407 e. The molecule has 0 radical (unpaired) electrons. The molecule has 0 N–H and O–H groups in total. The first kappa shape index (κ1) is 36.0. The van der Waals surface area contributed by atoms with Crippen molar-refractivity contribution >= 4 is 37.6 Å². The third-order valence-corrected chi connectivity index (χ3v) is 17.3. The quantitative estimate of drug-likeness (QED) is 0.0847. The predicted molar refractivity (Wildman–Crippen MR) is 201 cm³/mol. The van der Waals surface area contributed by atoms with Crippen molar-refractivity contribution < 1.29 is 13.3 Å². The maximum atomic E-state index is 7.08. The summed E-state index contributed by atoms with van der Waals surface area (Å²) in [4.78, 5) is 0. The normalized spacial score (nSPS) is 12.7. The highest BCUT2D eigenvalue weighted by molar-refractivity contribution is 6.99. The van der Waals surface area contributed by atoms with Gasteiger partial charge in [-0.1, -0.05) is 174 Å². The lowest BCUT2D eigenvalue weighted by Crippen LogP contribution is -2.66. The third-order valence-electron chi connectivity index (χ3n) is 8.59. The molecule has 0 saturated heterocycles. The molecule has 0 unspecified atom stereocenters. The van der Waals surface area contributed by atoms with Crippen LogP contribution < -0.4 is 20.7 Å². The summed E-state index contributed by atoms with van der Waals surface area (Å²) < 4.78 is 20.8. The first-order chi connectivity index (χ1) is 22.1. The van der Waals surface area contributed by atoms with Gasteiger partial charge >= 0.3 is 8.56 Å². The topological polar surface area (TPSA) is 27.7 Å². The molecule has 0 aliphatic heterocycles. The second kappa shape index (κ2) is 16.8. The minimum Gasteiger partial charge on any atom is -0.407 e. The predicted octanol–water partition coefficient (Wildman–Crippen LogP) is 8.38. The molecule has 0 atom stereocenters. The molecule has 4 rings (SSSR count). The van der Waals surface area contributed by atoms with Gasteiger partial charge in [0.2, 0.25) is 0 Å². The summed E-state index contributed by atoms with van der Waals surface area (Å²) in [6.07, 6.45) is 8.22. The third kappa shape index (κ3) is 9.39. The van der Waals surface area contributed by atoms with Gasteiger partial charge in [0.25, 0.3) is 8.32 Å². The van der Waals surface area contributed by atoms with Crippen molar-refractivity contribution in [3.63, 3.8) is 0 Å². The van der Waals surface area contributed by atoms with Crippen LogP contribution in [0.2, 0.25) is 5.04 Å². The second-order valence-electron chi connectivity index (χ2n) is 14.4. The van der Waals surface area contributed by atoms with Crippen LogP contribution in [0.3, 0.4) is 0 Å². The largest absolute Gasteiger partial charge is 0.407 e. The van der Waals surface area contributed by atoms with Gasteiger partial charge in [0, 0.05) is 13.2 Å². The summed E-state index contributed by atoms with van der Waals surface area (Å²) in [5, 5.41) is 5.07. The van der Waals surface area contributed by atoms with Gasteiger partial charge < -0.3 is 13.3 Å². The Morgan fingerprint density at radius 2 is 0.739 bits per heavy atom. The van der Waals surface area contributed by atoms with Gasteiger partial charge in [0.15, 0.2) is 0 Å². The number of hydrogen-bond donors (Lipinski definition) is 0. The first-order valence-electron chi connectivity index (χ1n) is 17.3. The molecule has 5 heteroatoms. The number of benzene rings is 4. The fraction of sp³-hybridized carbons (Fsp3) is 0.415. The van der Waals surface area contributed by atoms with E-state index in [0.29, 0.717) is 6.61 Å². The molecule has 0 heterocycles. The van der Waals surface area contributed by atoms with E-state index in [1.807, 2.05) is 0 Å². The fourth-order valence-electron chi connectivity index (χ4n) is 6.52. The zero-order valence-electron chi connectivity index (χ0n) is 29.1. The van der Waals surface area contributed by atoms with Gasteiger partial charge in [0.05, 0.1) is 5.60 Å². The van der Waals surface area contributed by atoms with Crippen molar-refractivity contribution in [3.05, 3.63) is 121 Å². The van der Waals surface area contributed by atoms with Crippen LogP contribution >= 0.6 is 0 Å². The molecule has 0 spiro atoms. The van der Waals surface area contributed by atoms with Crippen LogP contribution in [0.25, 0.3) is 0 Å². The second-order valence-corrected chi connectivity index (χ2v) is 21.6. The summed E-state index contributed by atoms with van der Waals surface area (Å²) in [6.45, 7) is 15.0. The van der Waals surface area contributed by atoms with Crippen LogP contribution in [0.15, 0.2) is 121 Å². The van der Waals surface area contributed by atoms with Crippen molar-refractivity contribution in [2.45, 2.75) is 97.1 Å². The highest BCUT2D eigenvalue weighted by atomic mass is 28.4. The molecule has 0 amide bonds. The van der Waals surface area contributed by atoms with Gasteiger partial charge in [-0.05, 0) is 59.4 Å². The van der Waals surface area contributed by atoms with E-state index in [1.54, 1.807) is 0 Å². The van der Waals surface area contributed by atoms with E-state index in [-0.39, 0.29) is 10.6 Å². The molecular weight excluding hydrogens is 597 g/mol. The number of rotatable bonds is 17. The smallest absolute Gasteiger partial charge is 0.407 e. The van der Waals surface area contributed by atoms with E-state index in [4.69, 9.17) is 13.3 Å². The Kier molecular flexibility index (Phi) is 13.2. The molecule has 4 aromatic carbocycles. The maximum absolute atomic E-state index is 7.08. The van der Waals surface area contributed by atoms with Crippen LogP contribution in [0.5, 0.6) is 0 Å². The van der Waals surface area contributed by atoms with Crippen LogP contribution in [0, 0.1) is 0 Å². The average molecular weight is 653 g/mol. The summed E-state index contributed by atoms with van der Waals surface area (Å²) in [7, 11) is -5.30. The number of hydrogen-bond acceptors (Lipinski definition) is 3. The number of unbranched alkanes of at least 4 members (excludes halogenated alkanes) is 6. The fourth-order valence-corrected chi connectivity index (χ4v) is 14.6. The summed E-state index contributed by atoms with van der Waals surface area (Å²) in [6, 6.07) is 43.1. The van der Waals surface area contributed by atoms with Crippen molar-refractivity contribution in [2.24, 2.45) is 0 Å². The molecule has 0 aromatic heterocycles. The standard InChI is InChI=1S/C41H56O3Si2/c1-40(2,3)44-46(38-30-20-14-21-31-38,39-32-22-15-23-33-39)43-35-25-11-9-7-8-10-24-34-42-45(41(4,5)6,36-26-16-12-17-27-36)37-28-18-13-19-29-37/h12-23,26-33H,7-11,24-25,34-35H2,1-6H3. The Morgan fingerprint density at radius 3 is 1.09 bits per heavy atom. The molecule has 0 aliphatic carbocycles. The average Bonchev–Trinajstić information content (AvgIpc) is 3.05. The molecule has 246 valence electrons. The van der Waals surface area contributed by atoms with Gasteiger partial charge in [-0.15, -0.1) is 0 Å². The summed E-state index contributed by atoms with van der Waals surface area (Å²) in [5.41, 5.74) is -0.321. The molecule has 0 saturated carbocycles. The lowest BCUT2D eigenvalue weighted by atomic mass is 10.1. The lowest BCUT2D eigenvalue weighted by molar-refractivity contribution is 0.0770. The van der Waals surface area contributed by atoms with Crippen LogP contribution in [-0.4, -0.2) is 35.7 Å². The highest BCUT2D eigenvalue weighted by Gasteiger charge is 2.50. The molecule has 4 aromatic rings. The van der Waals surface area contributed by atoms with Gasteiger partial charge in [0.1, 0.15) is 0 Å². The van der Waals surface area contributed by atoms with E-state index in [9.17, 15) is 0 Å². The summed E-state index contributed by atoms with van der Waals surface area (Å²) >= 11 is 0. The van der Waals surface area contributed by atoms with E-state index >= 15 is 0 Å². The molecule has 46 heavy (non-hydrogen) atoms. The molecule has 3 nitrogen and oxygen atoms in total.